The molecule has 1 amide bonds. The van der Waals surface area contributed by atoms with Gasteiger partial charge in [0.15, 0.2) is 0 Å². The van der Waals surface area contributed by atoms with E-state index in [2.05, 4.69) is 34.1 Å². The number of ether oxygens (including phenoxy) is 1. The van der Waals surface area contributed by atoms with Crippen LogP contribution in [0.15, 0.2) is 42.5 Å². The van der Waals surface area contributed by atoms with Crippen LogP contribution >= 0.6 is 15.9 Å². The van der Waals surface area contributed by atoms with E-state index in [9.17, 15) is 4.79 Å². The summed E-state index contributed by atoms with van der Waals surface area (Å²) >= 11 is 3.42. The van der Waals surface area contributed by atoms with Crippen molar-refractivity contribution in [2.24, 2.45) is 0 Å². The van der Waals surface area contributed by atoms with Gasteiger partial charge in [0.2, 0.25) is 5.91 Å². The second kappa shape index (κ2) is 6.58. The number of halogens is 1. The Balaban J connectivity index is 1.77. The molecular weight excluding hydrogens is 330 g/mol. The first-order chi connectivity index (χ1) is 10.3. The minimum atomic E-state index is 0.107. The van der Waals surface area contributed by atoms with Crippen LogP contribution in [0.3, 0.4) is 0 Å². The van der Waals surface area contributed by atoms with Gasteiger partial charge in [0, 0.05) is 18.4 Å². The van der Waals surface area contributed by atoms with Crippen molar-refractivity contribution in [3.8, 4) is 0 Å². The number of fused-ring (bicyclic) bond motifs is 1. The maximum atomic E-state index is 12.5. The lowest BCUT2D eigenvalue weighted by Gasteiger charge is -2.32. The smallest absolute Gasteiger partial charge is 0.227 e. The van der Waals surface area contributed by atoms with Gasteiger partial charge in [-0.3, -0.25) is 4.79 Å². The SMILES string of the molecule is O=C(Cc1cccc2ccccc12)N1CCOC(CBr)C1. The zero-order valence-electron chi connectivity index (χ0n) is 11.8. The molecule has 0 saturated carbocycles. The van der Waals surface area contributed by atoms with E-state index in [0.717, 1.165) is 10.9 Å². The number of rotatable bonds is 3. The van der Waals surface area contributed by atoms with Gasteiger partial charge in [-0.2, -0.15) is 0 Å². The molecule has 1 unspecified atom stereocenters. The fourth-order valence-electron chi connectivity index (χ4n) is 2.76. The fraction of sp³-hybridized carbons (Fsp3) is 0.353. The van der Waals surface area contributed by atoms with Crippen LogP contribution in [0.4, 0.5) is 0 Å². The number of hydrogen-bond acceptors (Lipinski definition) is 2. The first-order valence-corrected chi connectivity index (χ1v) is 8.32. The van der Waals surface area contributed by atoms with E-state index in [-0.39, 0.29) is 12.0 Å². The number of hydrogen-bond donors (Lipinski definition) is 0. The topological polar surface area (TPSA) is 29.5 Å². The van der Waals surface area contributed by atoms with Crippen molar-refractivity contribution in [1.82, 2.24) is 4.90 Å². The molecule has 1 atom stereocenters. The highest BCUT2D eigenvalue weighted by Crippen LogP contribution is 2.20. The molecule has 0 N–H and O–H groups in total. The summed E-state index contributed by atoms with van der Waals surface area (Å²) in [6.07, 6.45) is 0.561. The predicted molar refractivity (Wildman–Crippen MR) is 87.8 cm³/mol. The molecule has 0 aliphatic carbocycles. The molecule has 110 valence electrons. The number of amides is 1. The standard InChI is InChI=1S/C17H18BrNO2/c18-11-15-12-19(8-9-21-15)17(20)10-14-6-3-5-13-4-1-2-7-16(13)14/h1-7,15H,8-12H2. The van der Waals surface area contributed by atoms with Gasteiger partial charge in [-0.05, 0) is 16.3 Å². The fourth-order valence-corrected chi connectivity index (χ4v) is 3.15. The Labute approximate surface area is 133 Å². The molecule has 4 heteroatoms. The molecule has 21 heavy (non-hydrogen) atoms. The van der Waals surface area contributed by atoms with Crippen molar-refractivity contribution in [3.05, 3.63) is 48.0 Å². The van der Waals surface area contributed by atoms with Crippen LogP contribution in [0.25, 0.3) is 10.8 Å². The third-order valence-corrected chi connectivity index (χ3v) is 4.61. The Morgan fingerprint density at radius 2 is 2.05 bits per heavy atom. The molecule has 2 aromatic rings. The Hall–Kier alpha value is -1.39. The van der Waals surface area contributed by atoms with Gasteiger partial charge in [-0.25, -0.2) is 0 Å². The third-order valence-electron chi connectivity index (χ3n) is 3.89. The number of morpholine rings is 1. The summed E-state index contributed by atoms with van der Waals surface area (Å²) in [5.74, 6) is 0.181. The van der Waals surface area contributed by atoms with E-state index in [0.29, 0.717) is 26.1 Å². The lowest BCUT2D eigenvalue weighted by molar-refractivity contribution is -0.137. The molecule has 1 aliphatic rings. The second-order valence-corrected chi connectivity index (χ2v) is 5.95. The average molecular weight is 348 g/mol. The Morgan fingerprint density at radius 3 is 2.90 bits per heavy atom. The van der Waals surface area contributed by atoms with E-state index in [1.807, 2.05) is 29.2 Å². The quantitative estimate of drug-likeness (QED) is 0.798. The van der Waals surface area contributed by atoms with E-state index < -0.39 is 0 Å². The molecule has 0 radical (unpaired) electrons. The largest absolute Gasteiger partial charge is 0.374 e. The molecule has 2 aromatic carbocycles. The lowest BCUT2D eigenvalue weighted by Crippen LogP contribution is -2.46. The summed E-state index contributed by atoms with van der Waals surface area (Å²) in [7, 11) is 0. The average Bonchev–Trinajstić information content (AvgIpc) is 2.55. The minimum Gasteiger partial charge on any atom is -0.374 e. The molecule has 3 rings (SSSR count). The molecule has 0 aromatic heterocycles. The van der Waals surface area contributed by atoms with E-state index in [1.165, 1.54) is 10.8 Å². The van der Waals surface area contributed by atoms with Crippen LogP contribution < -0.4 is 0 Å². The summed E-state index contributed by atoms with van der Waals surface area (Å²) in [6.45, 7) is 1.99. The van der Waals surface area contributed by atoms with Crippen LogP contribution in [0, 0.1) is 0 Å². The van der Waals surface area contributed by atoms with Gasteiger partial charge < -0.3 is 9.64 Å². The highest BCUT2D eigenvalue weighted by atomic mass is 79.9. The maximum Gasteiger partial charge on any atom is 0.227 e. The van der Waals surface area contributed by atoms with Gasteiger partial charge in [-0.1, -0.05) is 58.4 Å². The molecular formula is C17H18BrNO2. The Morgan fingerprint density at radius 1 is 1.24 bits per heavy atom. The van der Waals surface area contributed by atoms with E-state index in [4.69, 9.17) is 4.74 Å². The zero-order chi connectivity index (χ0) is 14.7. The van der Waals surface area contributed by atoms with Crippen LogP contribution in [-0.4, -0.2) is 41.9 Å². The van der Waals surface area contributed by atoms with Crippen LogP contribution in [0.2, 0.25) is 0 Å². The van der Waals surface area contributed by atoms with Crippen molar-refractivity contribution in [2.75, 3.05) is 25.0 Å². The molecule has 1 aliphatic heterocycles. The Bertz CT molecular complexity index is 638. The third kappa shape index (κ3) is 3.27. The summed E-state index contributed by atoms with van der Waals surface area (Å²) in [6, 6.07) is 14.4. The zero-order valence-corrected chi connectivity index (χ0v) is 13.4. The van der Waals surface area contributed by atoms with Crippen molar-refractivity contribution in [2.45, 2.75) is 12.5 Å². The summed E-state index contributed by atoms with van der Waals surface area (Å²) < 4.78 is 5.59. The molecule has 0 spiro atoms. The molecule has 1 saturated heterocycles. The summed E-state index contributed by atoms with van der Waals surface area (Å²) in [5.41, 5.74) is 1.10. The highest BCUT2D eigenvalue weighted by molar-refractivity contribution is 9.09. The van der Waals surface area contributed by atoms with Crippen LogP contribution in [0.1, 0.15) is 5.56 Å². The molecule has 0 bridgehead atoms. The normalized spacial score (nSPS) is 18.9. The molecule has 1 heterocycles. The van der Waals surface area contributed by atoms with Gasteiger partial charge >= 0.3 is 0 Å². The predicted octanol–water partition coefficient (Wildman–Crippen LogP) is 3.00. The highest BCUT2D eigenvalue weighted by Gasteiger charge is 2.23. The lowest BCUT2D eigenvalue weighted by atomic mass is 10.0. The van der Waals surface area contributed by atoms with Crippen LogP contribution in [0.5, 0.6) is 0 Å². The van der Waals surface area contributed by atoms with Crippen molar-refractivity contribution < 1.29 is 9.53 Å². The van der Waals surface area contributed by atoms with E-state index >= 15 is 0 Å². The monoisotopic (exact) mass is 347 g/mol. The Kier molecular flexibility index (Phi) is 4.56. The molecule has 1 fully saturated rings. The first kappa shape index (κ1) is 14.5. The van der Waals surface area contributed by atoms with Crippen molar-refractivity contribution >= 4 is 32.6 Å². The van der Waals surface area contributed by atoms with Crippen molar-refractivity contribution in [3.63, 3.8) is 0 Å². The van der Waals surface area contributed by atoms with Gasteiger partial charge in [0.1, 0.15) is 0 Å². The number of carbonyl (C=O) groups is 1. The van der Waals surface area contributed by atoms with Gasteiger partial charge in [-0.15, -0.1) is 0 Å². The van der Waals surface area contributed by atoms with Crippen molar-refractivity contribution in [1.29, 1.82) is 0 Å². The minimum absolute atomic E-state index is 0.107. The summed E-state index contributed by atoms with van der Waals surface area (Å²) in [4.78, 5) is 14.4. The number of benzene rings is 2. The number of alkyl halides is 1. The maximum absolute atomic E-state index is 12.5. The molecule has 3 nitrogen and oxygen atoms in total. The van der Waals surface area contributed by atoms with Crippen LogP contribution in [-0.2, 0) is 16.0 Å². The summed E-state index contributed by atoms with van der Waals surface area (Å²) in [5, 5.41) is 3.12. The number of carbonyl (C=O) groups excluding carboxylic acids is 1. The van der Waals surface area contributed by atoms with Gasteiger partial charge in [0.05, 0.1) is 19.1 Å². The van der Waals surface area contributed by atoms with Gasteiger partial charge in [0.25, 0.3) is 0 Å². The van der Waals surface area contributed by atoms with E-state index in [1.54, 1.807) is 0 Å². The first-order valence-electron chi connectivity index (χ1n) is 7.20. The number of nitrogens with zero attached hydrogens (tertiary/aromatic N) is 1. The second-order valence-electron chi connectivity index (χ2n) is 5.30.